The van der Waals surface area contributed by atoms with Crippen LogP contribution < -0.4 is 32.8 Å². The summed E-state index contributed by atoms with van der Waals surface area (Å²) < 4.78 is 93.8. The summed E-state index contributed by atoms with van der Waals surface area (Å²) in [4.78, 5) is 69.8. The van der Waals surface area contributed by atoms with Crippen LogP contribution in [0.2, 0.25) is 18.1 Å². The van der Waals surface area contributed by atoms with Gasteiger partial charge in [-0.25, -0.2) is 14.2 Å². The molecule has 96 heavy (non-hydrogen) atoms. The van der Waals surface area contributed by atoms with Crippen molar-refractivity contribution in [1.29, 1.82) is 0 Å². The van der Waals surface area contributed by atoms with Crippen molar-refractivity contribution in [3.05, 3.63) is 195 Å². The molecular weight excluding hydrogens is 1270 g/mol. The molecule has 6 aromatic rings. The van der Waals surface area contributed by atoms with Gasteiger partial charge in [0, 0.05) is 35.3 Å². The van der Waals surface area contributed by atoms with Crippen LogP contribution in [-0.4, -0.2) is 121 Å². The Kier molecular flexibility index (Phi) is 18.3. The number of aliphatic hydroxyl groups is 1. The number of aryl methyl sites for hydroxylation is 3. The molecule has 3 aromatic carbocycles. The summed E-state index contributed by atoms with van der Waals surface area (Å²) in [6, 6.07) is 29.7. The zero-order chi connectivity index (χ0) is 68.8. The molecule has 3 aromatic heterocycles. The lowest BCUT2D eigenvalue weighted by molar-refractivity contribution is -0.326. The van der Waals surface area contributed by atoms with Crippen molar-refractivity contribution in [2.45, 2.75) is 247 Å². The number of rotatable bonds is 20. The van der Waals surface area contributed by atoms with Gasteiger partial charge in [0.15, 0.2) is 26.9 Å². The van der Waals surface area contributed by atoms with E-state index < -0.39 is 100 Å². The van der Waals surface area contributed by atoms with E-state index in [0.29, 0.717) is 69.3 Å². The summed E-state index contributed by atoms with van der Waals surface area (Å²) in [6.45, 7) is 22.9. The molecule has 2 bridgehead atoms. The summed E-state index contributed by atoms with van der Waals surface area (Å²) in [5, 5.41) is 11.0. The number of H-pyrrole nitrogens is 2. The fraction of sp³-hybridized carbons (Fsp3) is 0.571. The SMILES string of the molecule is CC[C@@]1(C2(O)CC2)O[C@@]2(CC1OCc1ccccc1)Oc1nc(=O)c(C)cn12.CC[C@@]1(C2(O[Si](C)(C)C(C)(C)C)CC2)O[C@@H](n2cc(C)c(=O)[nH]c2=O)[C@@H](OS(C)(=O)=O)C1OCc1ccccc1.CC[C@]12O[C@@H](n3cc(C)c(=O)[nH]c3=O)[C@@H](OC13CC3)C2OCc1ccccc1. The summed E-state index contributed by atoms with van der Waals surface area (Å²) in [5.74, 6) is -1.09. The summed E-state index contributed by atoms with van der Waals surface area (Å²) in [7, 11) is -6.35. The maximum Gasteiger partial charge on any atom is 0.330 e. The zero-order valence-electron chi connectivity index (χ0n) is 56.7. The Bertz CT molecular complexity index is 4280. The first-order valence-corrected chi connectivity index (χ1v) is 38.0. The second kappa shape index (κ2) is 25.3. The van der Waals surface area contributed by atoms with E-state index in [1.165, 1.54) is 15.3 Å². The molecule has 14 rings (SSSR count). The van der Waals surface area contributed by atoms with E-state index in [0.717, 1.165) is 42.2 Å². The van der Waals surface area contributed by atoms with Crippen molar-refractivity contribution >= 4 is 18.4 Å². The number of nitrogens with zero attached hydrogens (tertiary/aromatic N) is 4. The predicted octanol–water partition coefficient (Wildman–Crippen LogP) is 8.28. The lowest BCUT2D eigenvalue weighted by atomic mass is 9.84. The van der Waals surface area contributed by atoms with E-state index in [9.17, 15) is 37.5 Å². The van der Waals surface area contributed by atoms with Crippen LogP contribution in [0.1, 0.15) is 152 Å². The Morgan fingerprint density at radius 2 is 1.12 bits per heavy atom. The van der Waals surface area contributed by atoms with Crippen molar-refractivity contribution in [3.8, 4) is 6.01 Å². The third-order valence-electron chi connectivity index (χ3n) is 21.3. The number of nitrogens with one attached hydrogen (secondary N) is 2. The van der Waals surface area contributed by atoms with Gasteiger partial charge in [0.1, 0.15) is 40.7 Å². The Morgan fingerprint density at radius 1 is 0.635 bits per heavy atom. The summed E-state index contributed by atoms with van der Waals surface area (Å²) in [6.07, 6.45) is 7.42. The number of ether oxygens (including phenoxy) is 8. The average Bonchev–Trinajstić information content (AvgIpc) is 1.50. The minimum atomic E-state index is -4.02. The highest BCUT2D eigenvalue weighted by molar-refractivity contribution is 7.86. The van der Waals surface area contributed by atoms with E-state index in [2.05, 4.69) is 55.7 Å². The molecule has 8 heterocycles. The van der Waals surface area contributed by atoms with Crippen molar-refractivity contribution < 1.29 is 60.0 Å². The van der Waals surface area contributed by atoms with Crippen molar-refractivity contribution in [2.75, 3.05) is 6.26 Å². The molecule has 3 aliphatic carbocycles. The molecule has 0 amide bonds. The van der Waals surface area contributed by atoms with Crippen LogP contribution in [0.5, 0.6) is 6.01 Å². The molecule has 3 N–H and O–H groups in total. The molecule has 8 aliphatic rings. The van der Waals surface area contributed by atoms with E-state index in [1.807, 2.05) is 105 Å². The molecule has 26 heteroatoms. The standard InChI is InChI=1S/C28H42N2O8SSi.2C21H24N2O5/c1-9-28(27(15-16-27)38-40(7,8)26(3,4)5)22(35-18-20-13-11-10-12-14-20)21(37-39(6,33)34)24(36-28)30-17-19(2)23(31)29-25(30)32;1-3-20(19(25)9-10-19)16(26-13-15-7-5-4-6-8-15)11-21(28-20)23-12-14(2)17(24)22-18(23)27-21;1-3-21-16(26-12-14-7-5-4-6-8-14)15(27-20(21)9-10-20)18(28-21)23-11-13(2)17(24)22-19(23)25/h10-14,17,21-22,24H,9,15-16,18H2,1-8H3,(H,29,31,32);4-8,12,16,25H,3,9-11,13H2,1-2H3;4-8,11,15-16,18H,3,9-10,12H2,1-2H3,(H,22,24,25)/t21-,22?,24+,28+;16?,20-,21-;15-,16?,18+,21+/m010/s1. The lowest BCUT2D eigenvalue weighted by Gasteiger charge is -2.47. The van der Waals surface area contributed by atoms with Gasteiger partial charge in [0.05, 0.1) is 49.8 Å². The van der Waals surface area contributed by atoms with E-state index in [4.69, 9.17) is 46.5 Å². The monoisotopic (exact) mass is 1360 g/mol. The van der Waals surface area contributed by atoms with Gasteiger partial charge in [0.2, 0.25) is 0 Å². The van der Waals surface area contributed by atoms with Crippen LogP contribution in [0.25, 0.3) is 0 Å². The fourth-order valence-electron chi connectivity index (χ4n) is 14.8. The largest absolute Gasteiger partial charge is 0.412 e. The van der Waals surface area contributed by atoms with Gasteiger partial charge in [-0.1, -0.05) is 133 Å². The Balaban J connectivity index is 0.000000141. The number of aromatic amines is 2. The first-order valence-electron chi connectivity index (χ1n) is 33.3. The molecule has 0 radical (unpaired) electrons. The first-order chi connectivity index (χ1) is 45.4. The average molecular weight is 1360 g/mol. The molecule has 518 valence electrons. The summed E-state index contributed by atoms with van der Waals surface area (Å²) >= 11 is 0. The van der Waals surface area contributed by atoms with Crippen LogP contribution in [0.3, 0.4) is 0 Å². The van der Waals surface area contributed by atoms with Crippen LogP contribution in [0.4, 0.5) is 0 Å². The number of fused-ring (bicyclic) bond motifs is 5. The third kappa shape index (κ3) is 12.3. The highest BCUT2D eigenvalue weighted by Crippen LogP contribution is 2.67. The van der Waals surface area contributed by atoms with Crippen molar-refractivity contribution in [2.24, 2.45) is 0 Å². The van der Waals surface area contributed by atoms with Crippen LogP contribution in [0.15, 0.2) is 134 Å². The Labute approximate surface area is 558 Å². The maximum absolute atomic E-state index is 13.1. The Morgan fingerprint density at radius 3 is 1.59 bits per heavy atom. The summed E-state index contributed by atoms with van der Waals surface area (Å²) in [5.41, 5.74) is -2.74. The second-order valence-electron chi connectivity index (χ2n) is 28.7. The number of benzene rings is 3. The smallest absolute Gasteiger partial charge is 0.330 e. The van der Waals surface area contributed by atoms with E-state index in [-0.39, 0.29) is 52.1 Å². The van der Waals surface area contributed by atoms with Crippen LogP contribution >= 0.6 is 0 Å². The van der Waals surface area contributed by atoms with Gasteiger partial charge in [-0.05, 0) is 113 Å². The van der Waals surface area contributed by atoms with Crippen molar-refractivity contribution in [1.82, 2.24) is 28.7 Å². The minimum Gasteiger partial charge on any atom is -0.412 e. The molecular formula is C70H90N6O18SSi. The molecule has 7 fully saturated rings. The highest BCUT2D eigenvalue weighted by atomic mass is 32.2. The molecule has 4 saturated heterocycles. The predicted molar refractivity (Wildman–Crippen MR) is 355 cm³/mol. The maximum atomic E-state index is 13.1. The molecule has 5 aliphatic heterocycles. The topological polar surface area (TPSA) is 291 Å². The molecule has 2 spiro atoms. The molecule has 3 saturated carbocycles. The van der Waals surface area contributed by atoms with Gasteiger partial charge in [-0.3, -0.25) is 37.7 Å². The third-order valence-corrected chi connectivity index (χ3v) is 26.4. The van der Waals surface area contributed by atoms with Crippen LogP contribution in [-0.2, 0) is 77.6 Å². The zero-order valence-corrected chi connectivity index (χ0v) is 58.5. The number of hydrogen-bond acceptors (Lipinski definition) is 19. The normalized spacial score (nSPS) is 29.8. The van der Waals surface area contributed by atoms with Gasteiger partial charge >= 0.3 is 23.3 Å². The lowest BCUT2D eigenvalue weighted by Crippen LogP contribution is -2.60. The van der Waals surface area contributed by atoms with Gasteiger partial charge < -0.3 is 47.4 Å². The fourth-order valence-corrected chi connectivity index (χ4v) is 17.0. The van der Waals surface area contributed by atoms with Crippen molar-refractivity contribution in [3.63, 3.8) is 0 Å². The Hall–Kier alpha value is -6.53. The minimum absolute atomic E-state index is 0.0917. The molecule has 3 unspecified atom stereocenters. The van der Waals surface area contributed by atoms with Crippen LogP contribution in [0, 0.1) is 20.8 Å². The van der Waals surface area contributed by atoms with E-state index in [1.54, 1.807) is 37.7 Å². The van der Waals surface area contributed by atoms with Gasteiger partial charge in [0.25, 0.3) is 26.8 Å². The second-order valence-corrected chi connectivity index (χ2v) is 35.0. The molecule has 24 nitrogen and oxygen atoms in total. The first kappa shape index (κ1) is 69.4. The number of aromatic nitrogens is 6. The number of hydrogen-bond donors (Lipinski definition) is 3. The quantitative estimate of drug-likeness (QED) is 0.0478. The molecule has 11 atom stereocenters. The van der Waals surface area contributed by atoms with Gasteiger partial charge in [-0.2, -0.15) is 13.4 Å². The van der Waals surface area contributed by atoms with E-state index >= 15 is 0 Å². The van der Waals surface area contributed by atoms with Gasteiger partial charge in [-0.15, -0.1) is 0 Å². The highest BCUT2D eigenvalue weighted by Gasteiger charge is 2.79.